The number of hydrogen-bond donors (Lipinski definition) is 1. The molecule has 1 N–H and O–H groups in total. The van der Waals surface area contributed by atoms with E-state index < -0.39 is 6.10 Å². The molecule has 1 aromatic carbocycles. The second-order valence-corrected chi connectivity index (χ2v) is 4.58. The second kappa shape index (κ2) is 2.99. The molecule has 1 aromatic rings. The van der Waals surface area contributed by atoms with Crippen LogP contribution < -0.4 is 4.74 Å². The van der Waals surface area contributed by atoms with Gasteiger partial charge in [-0.05, 0) is 38.0 Å². The van der Waals surface area contributed by atoms with Gasteiger partial charge in [-0.15, -0.1) is 0 Å². The fourth-order valence-corrected chi connectivity index (χ4v) is 1.86. The highest BCUT2D eigenvalue weighted by atomic mass is 16.5. The van der Waals surface area contributed by atoms with E-state index in [4.69, 9.17) is 4.74 Å². The molecule has 14 heavy (non-hydrogen) atoms. The number of rotatable bonds is 1. The number of ether oxygens (including phenoxy) is 1. The molecule has 0 radical (unpaired) electrons. The summed E-state index contributed by atoms with van der Waals surface area (Å²) < 4.78 is 5.77. The zero-order valence-corrected chi connectivity index (χ0v) is 8.87. The first kappa shape index (κ1) is 9.53. The van der Waals surface area contributed by atoms with Gasteiger partial charge in [-0.3, -0.25) is 0 Å². The van der Waals surface area contributed by atoms with E-state index >= 15 is 0 Å². The Hall–Kier alpha value is -1.02. The van der Waals surface area contributed by atoms with Gasteiger partial charge in [0.05, 0.1) is 6.10 Å². The van der Waals surface area contributed by atoms with Crippen LogP contribution in [0.4, 0.5) is 0 Å². The van der Waals surface area contributed by atoms with Crippen molar-refractivity contribution < 1.29 is 9.84 Å². The van der Waals surface area contributed by atoms with E-state index in [0.29, 0.717) is 0 Å². The van der Waals surface area contributed by atoms with Gasteiger partial charge in [0.2, 0.25) is 0 Å². The molecule has 76 valence electrons. The predicted molar refractivity (Wildman–Crippen MR) is 55.5 cm³/mol. The second-order valence-electron chi connectivity index (χ2n) is 4.58. The van der Waals surface area contributed by atoms with E-state index in [-0.39, 0.29) is 5.60 Å². The Morgan fingerprint density at radius 2 is 2.14 bits per heavy atom. The number of aliphatic hydroxyl groups excluding tert-OH is 1. The lowest BCUT2D eigenvalue weighted by Gasteiger charge is -2.17. The van der Waals surface area contributed by atoms with E-state index in [0.717, 1.165) is 17.7 Å². The van der Waals surface area contributed by atoms with Crippen molar-refractivity contribution in [3.8, 4) is 5.75 Å². The molecule has 2 nitrogen and oxygen atoms in total. The fourth-order valence-electron chi connectivity index (χ4n) is 1.86. The Kier molecular flexibility index (Phi) is 2.04. The average Bonchev–Trinajstić information content (AvgIpc) is 2.36. The van der Waals surface area contributed by atoms with Crippen molar-refractivity contribution >= 4 is 0 Å². The summed E-state index contributed by atoms with van der Waals surface area (Å²) in [7, 11) is 0. The van der Waals surface area contributed by atoms with Crippen LogP contribution in [0.5, 0.6) is 5.75 Å². The third kappa shape index (κ3) is 1.62. The van der Waals surface area contributed by atoms with Gasteiger partial charge >= 0.3 is 0 Å². The maximum atomic E-state index is 9.43. The van der Waals surface area contributed by atoms with Gasteiger partial charge in [-0.2, -0.15) is 0 Å². The Labute approximate surface area is 84.5 Å². The quantitative estimate of drug-likeness (QED) is 0.740. The summed E-state index contributed by atoms with van der Waals surface area (Å²) in [6.45, 7) is 5.92. The van der Waals surface area contributed by atoms with Crippen molar-refractivity contribution in [3.05, 3.63) is 29.3 Å². The summed E-state index contributed by atoms with van der Waals surface area (Å²) in [5, 5.41) is 9.43. The zero-order chi connectivity index (χ0) is 10.3. The minimum Gasteiger partial charge on any atom is -0.487 e. The van der Waals surface area contributed by atoms with E-state index in [2.05, 4.69) is 13.8 Å². The molecule has 0 bridgehead atoms. The van der Waals surface area contributed by atoms with Crippen molar-refractivity contribution in [3.63, 3.8) is 0 Å². The summed E-state index contributed by atoms with van der Waals surface area (Å²) in [6, 6.07) is 5.95. The van der Waals surface area contributed by atoms with E-state index in [1.807, 2.05) is 18.2 Å². The molecule has 2 heteroatoms. The largest absolute Gasteiger partial charge is 0.487 e. The SMILES string of the molecule is CC(O)c1ccc2c(c1)OC(C)(C)C2. The third-order valence-corrected chi connectivity index (χ3v) is 2.58. The Balaban J connectivity index is 2.36. The van der Waals surface area contributed by atoms with Crippen LogP contribution >= 0.6 is 0 Å². The number of fused-ring (bicyclic) bond motifs is 1. The van der Waals surface area contributed by atoms with Crippen molar-refractivity contribution in [2.75, 3.05) is 0 Å². The minimum absolute atomic E-state index is 0.0976. The van der Waals surface area contributed by atoms with Gasteiger partial charge in [0, 0.05) is 6.42 Å². The van der Waals surface area contributed by atoms with Crippen LogP contribution in [0.25, 0.3) is 0 Å². The highest BCUT2D eigenvalue weighted by Crippen LogP contribution is 2.36. The number of benzene rings is 1. The van der Waals surface area contributed by atoms with Gasteiger partial charge in [0.1, 0.15) is 11.4 Å². The van der Waals surface area contributed by atoms with Crippen molar-refractivity contribution in [2.45, 2.75) is 38.9 Å². The topological polar surface area (TPSA) is 29.5 Å². The molecule has 0 saturated carbocycles. The fraction of sp³-hybridized carbons (Fsp3) is 0.500. The lowest BCUT2D eigenvalue weighted by molar-refractivity contribution is 0.137. The molecule has 0 amide bonds. The van der Waals surface area contributed by atoms with Gasteiger partial charge in [0.25, 0.3) is 0 Å². The maximum absolute atomic E-state index is 9.43. The van der Waals surface area contributed by atoms with Crippen molar-refractivity contribution in [1.82, 2.24) is 0 Å². The van der Waals surface area contributed by atoms with Crippen molar-refractivity contribution in [2.24, 2.45) is 0 Å². The minimum atomic E-state index is -0.424. The molecule has 0 aliphatic carbocycles. The molecule has 0 spiro atoms. The molecule has 2 rings (SSSR count). The number of hydrogen-bond acceptors (Lipinski definition) is 2. The predicted octanol–water partition coefficient (Wildman–Crippen LogP) is 2.45. The van der Waals surface area contributed by atoms with Gasteiger partial charge in [-0.1, -0.05) is 12.1 Å². The summed E-state index contributed by atoms with van der Waals surface area (Å²) in [4.78, 5) is 0. The number of aliphatic hydroxyl groups is 1. The molecular weight excluding hydrogens is 176 g/mol. The van der Waals surface area contributed by atoms with E-state index in [9.17, 15) is 5.11 Å². The zero-order valence-electron chi connectivity index (χ0n) is 8.87. The van der Waals surface area contributed by atoms with Crippen molar-refractivity contribution in [1.29, 1.82) is 0 Å². The first-order chi connectivity index (χ1) is 6.48. The summed E-state index contributed by atoms with van der Waals surface area (Å²) >= 11 is 0. The highest BCUT2D eigenvalue weighted by molar-refractivity contribution is 5.42. The Bertz CT molecular complexity index is 353. The van der Waals surface area contributed by atoms with Crippen LogP contribution in [0, 0.1) is 0 Å². The normalized spacial score (nSPS) is 20.0. The molecular formula is C12H16O2. The molecule has 0 fully saturated rings. The molecule has 0 saturated heterocycles. The standard InChI is InChI=1S/C12H16O2/c1-8(13)9-4-5-10-7-12(2,3)14-11(10)6-9/h4-6,8,13H,7H2,1-3H3. The first-order valence-corrected chi connectivity index (χ1v) is 4.98. The average molecular weight is 192 g/mol. The monoisotopic (exact) mass is 192 g/mol. The van der Waals surface area contributed by atoms with Crippen LogP contribution in [0.1, 0.15) is 38.0 Å². The van der Waals surface area contributed by atoms with Crippen LogP contribution in [-0.4, -0.2) is 10.7 Å². The van der Waals surface area contributed by atoms with Crippen LogP contribution in [0.2, 0.25) is 0 Å². The maximum Gasteiger partial charge on any atom is 0.123 e. The summed E-state index contributed by atoms with van der Waals surface area (Å²) in [6.07, 6.45) is 0.523. The smallest absolute Gasteiger partial charge is 0.123 e. The van der Waals surface area contributed by atoms with E-state index in [1.165, 1.54) is 5.56 Å². The molecule has 1 aliphatic heterocycles. The lowest BCUT2D eigenvalue weighted by Crippen LogP contribution is -2.24. The molecule has 1 aliphatic rings. The summed E-state index contributed by atoms with van der Waals surface area (Å²) in [5.74, 6) is 0.924. The van der Waals surface area contributed by atoms with Crippen LogP contribution in [-0.2, 0) is 6.42 Å². The van der Waals surface area contributed by atoms with Gasteiger partial charge in [0.15, 0.2) is 0 Å². The molecule has 0 aromatic heterocycles. The lowest BCUT2D eigenvalue weighted by atomic mass is 10.00. The Morgan fingerprint density at radius 3 is 2.79 bits per heavy atom. The van der Waals surface area contributed by atoms with Gasteiger partial charge in [-0.25, -0.2) is 0 Å². The summed E-state index contributed by atoms with van der Waals surface area (Å²) in [5.41, 5.74) is 2.06. The highest BCUT2D eigenvalue weighted by Gasteiger charge is 2.29. The first-order valence-electron chi connectivity index (χ1n) is 4.98. The molecule has 1 unspecified atom stereocenters. The Morgan fingerprint density at radius 1 is 1.43 bits per heavy atom. The molecule has 1 atom stereocenters. The van der Waals surface area contributed by atoms with Gasteiger partial charge < -0.3 is 9.84 Å². The van der Waals surface area contributed by atoms with E-state index in [1.54, 1.807) is 6.92 Å². The molecule has 1 heterocycles. The third-order valence-electron chi connectivity index (χ3n) is 2.58. The van der Waals surface area contributed by atoms with Crippen LogP contribution in [0.15, 0.2) is 18.2 Å². The van der Waals surface area contributed by atoms with Crippen LogP contribution in [0.3, 0.4) is 0 Å².